The fourth-order valence-corrected chi connectivity index (χ4v) is 3.13. The smallest absolute Gasteiger partial charge is 0.0335 e. The number of pyridine rings is 1. The minimum atomic E-state index is 0.523. The zero-order valence-corrected chi connectivity index (χ0v) is 11.0. The minimum Gasteiger partial charge on any atom is -0.310 e. The Balaban J connectivity index is 1.75. The summed E-state index contributed by atoms with van der Waals surface area (Å²) < 4.78 is 0. The molecular weight excluding hydrogens is 222 g/mol. The van der Waals surface area contributed by atoms with Gasteiger partial charge in [-0.3, -0.25) is 4.98 Å². The van der Waals surface area contributed by atoms with E-state index >= 15 is 0 Å². The van der Waals surface area contributed by atoms with Gasteiger partial charge in [0, 0.05) is 24.5 Å². The molecule has 0 radical (unpaired) electrons. The number of nitrogens with zero attached hydrogens (tertiary/aromatic N) is 1. The molecule has 2 fully saturated rings. The fraction of sp³-hybridized carbons (Fsp3) is 0.667. The second-order valence-electron chi connectivity index (χ2n) is 5.56. The minimum absolute atomic E-state index is 0.523. The second kappa shape index (κ2) is 5.81. The van der Waals surface area contributed by atoms with Crippen LogP contribution in [0.5, 0.6) is 0 Å². The summed E-state index contributed by atoms with van der Waals surface area (Å²) in [6.07, 6.45) is 11.9. The van der Waals surface area contributed by atoms with Crippen molar-refractivity contribution >= 4 is 0 Å². The second-order valence-corrected chi connectivity index (χ2v) is 5.56. The third-order valence-corrected chi connectivity index (χ3v) is 4.21. The highest BCUT2D eigenvalue weighted by atomic mass is 14.9. The van der Waals surface area contributed by atoms with Crippen LogP contribution in [-0.4, -0.2) is 18.1 Å². The highest BCUT2D eigenvalue weighted by Gasteiger charge is 2.18. The van der Waals surface area contributed by atoms with Crippen LogP contribution in [0.2, 0.25) is 0 Å². The number of rotatable bonds is 2. The van der Waals surface area contributed by atoms with Crippen molar-refractivity contribution in [2.75, 3.05) is 13.1 Å². The molecule has 1 aromatic rings. The van der Waals surface area contributed by atoms with E-state index in [0.29, 0.717) is 12.1 Å². The van der Waals surface area contributed by atoms with Gasteiger partial charge in [-0.15, -0.1) is 0 Å². The standard InChI is InChI=1S/C15H23N3/c1-3-7-17-14(5-1)12-9-13(11-16-10-12)15-6-2-4-8-18-15/h9-11,14-15,17-18H,1-8H2/t14-,15-/m0/s1. The largest absolute Gasteiger partial charge is 0.310 e. The zero-order chi connectivity index (χ0) is 12.2. The molecule has 1 aromatic heterocycles. The fourth-order valence-electron chi connectivity index (χ4n) is 3.13. The van der Waals surface area contributed by atoms with Crippen LogP contribution in [0, 0.1) is 0 Å². The molecular formula is C15H23N3. The molecule has 18 heavy (non-hydrogen) atoms. The Morgan fingerprint density at radius 2 is 1.39 bits per heavy atom. The van der Waals surface area contributed by atoms with E-state index in [1.54, 1.807) is 0 Å². The van der Waals surface area contributed by atoms with Gasteiger partial charge in [-0.1, -0.05) is 12.8 Å². The van der Waals surface area contributed by atoms with E-state index in [0.717, 1.165) is 13.1 Å². The van der Waals surface area contributed by atoms with Gasteiger partial charge >= 0.3 is 0 Å². The van der Waals surface area contributed by atoms with Gasteiger partial charge in [0.1, 0.15) is 0 Å². The average molecular weight is 245 g/mol. The molecule has 3 rings (SSSR count). The van der Waals surface area contributed by atoms with Gasteiger partial charge in [-0.25, -0.2) is 0 Å². The van der Waals surface area contributed by atoms with Gasteiger partial charge in [0.15, 0.2) is 0 Å². The Hall–Kier alpha value is -0.930. The van der Waals surface area contributed by atoms with Gasteiger partial charge in [0.05, 0.1) is 0 Å². The summed E-state index contributed by atoms with van der Waals surface area (Å²) in [4.78, 5) is 4.46. The molecule has 0 aliphatic carbocycles. The maximum absolute atomic E-state index is 4.46. The molecule has 0 amide bonds. The quantitative estimate of drug-likeness (QED) is 0.841. The Morgan fingerprint density at radius 1 is 0.833 bits per heavy atom. The first-order valence-corrected chi connectivity index (χ1v) is 7.35. The SMILES string of the molecule is c1ncc([C@@H]2CCCCN2)cc1[C@@H]1CCCCN1. The van der Waals surface area contributed by atoms with Gasteiger partial charge in [0.2, 0.25) is 0 Å². The van der Waals surface area contributed by atoms with Crippen LogP contribution in [-0.2, 0) is 0 Å². The van der Waals surface area contributed by atoms with Gasteiger partial charge in [-0.2, -0.15) is 0 Å². The molecule has 0 unspecified atom stereocenters. The van der Waals surface area contributed by atoms with Crippen molar-refractivity contribution in [2.24, 2.45) is 0 Å². The van der Waals surface area contributed by atoms with Crippen LogP contribution in [0.4, 0.5) is 0 Å². The normalized spacial score (nSPS) is 29.1. The van der Waals surface area contributed by atoms with Crippen molar-refractivity contribution in [3.05, 3.63) is 29.6 Å². The van der Waals surface area contributed by atoms with Crippen molar-refractivity contribution in [1.29, 1.82) is 0 Å². The number of hydrogen-bond acceptors (Lipinski definition) is 3. The van der Waals surface area contributed by atoms with Crippen LogP contribution in [0.25, 0.3) is 0 Å². The van der Waals surface area contributed by atoms with Crippen molar-refractivity contribution < 1.29 is 0 Å². The third kappa shape index (κ3) is 2.73. The molecule has 2 atom stereocenters. The maximum atomic E-state index is 4.46. The lowest BCUT2D eigenvalue weighted by Crippen LogP contribution is -2.28. The lowest BCUT2D eigenvalue weighted by molar-refractivity contribution is 0.402. The molecule has 0 aromatic carbocycles. The average Bonchev–Trinajstić information content (AvgIpc) is 2.49. The lowest BCUT2D eigenvalue weighted by Gasteiger charge is -2.26. The van der Waals surface area contributed by atoms with Crippen LogP contribution in [0.3, 0.4) is 0 Å². The predicted octanol–water partition coefficient (Wildman–Crippen LogP) is 2.71. The van der Waals surface area contributed by atoms with Crippen LogP contribution < -0.4 is 10.6 Å². The van der Waals surface area contributed by atoms with Gasteiger partial charge < -0.3 is 10.6 Å². The summed E-state index contributed by atoms with van der Waals surface area (Å²) in [6.45, 7) is 2.30. The van der Waals surface area contributed by atoms with E-state index < -0.39 is 0 Å². The van der Waals surface area contributed by atoms with Gasteiger partial charge in [-0.05, 0) is 56.0 Å². The molecule has 98 valence electrons. The predicted molar refractivity (Wildman–Crippen MR) is 73.4 cm³/mol. The van der Waals surface area contributed by atoms with Crippen LogP contribution in [0.15, 0.2) is 18.5 Å². The molecule has 3 heterocycles. The van der Waals surface area contributed by atoms with E-state index in [4.69, 9.17) is 0 Å². The van der Waals surface area contributed by atoms with Crippen molar-refractivity contribution in [1.82, 2.24) is 15.6 Å². The number of piperidine rings is 2. The molecule has 3 nitrogen and oxygen atoms in total. The highest BCUT2D eigenvalue weighted by Crippen LogP contribution is 2.27. The monoisotopic (exact) mass is 245 g/mol. The highest BCUT2D eigenvalue weighted by molar-refractivity contribution is 5.24. The molecule has 2 N–H and O–H groups in total. The molecule has 0 spiro atoms. The van der Waals surface area contributed by atoms with Crippen LogP contribution in [0.1, 0.15) is 61.7 Å². The van der Waals surface area contributed by atoms with E-state index in [9.17, 15) is 0 Å². The van der Waals surface area contributed by atoms with E-state index in [1.165, 1.54) is 49.7 Å². The summed E-state index contributed by atoms with van der Waals surface area (Å²) in [5, 5.41) is 7.21. The summed E-state index contributed by atoms with van der Waals surface area (Å²) in [5.74, 6) is 0. The first-order chi connectivity index (χ1) is 8.93. The molecule has 2 saturated heterocycles. The zero-order valence-electron chi connectivity index (χ0n) is 11.0. The number of nitrogens with one attached hydrogen (secondary N) is 2. The molecule has 0 saturated carbocycles. The topological polar surface area (TPSA) is 37.0 Å². The third-order valence-electron chi connectivity index (χ3n) is 4.21. The van der Waals surface area contributed by atoms with Crippen LogP contribution >= 0.6 is 0 Å². The Morgan fingerprint density at radius 3 is 1.83 bits per heavy atom. The Kier molecular flexibility index (Phi) is 3.91. The van der Waals surface area contributed by atoms with Crippen molar-refractivity contribution in [3.8, 4) is 0 Å². The van der Waals surface area contributed by atoms with E-state index in [1.807, 2.05) is 12.4 Å². The Bertz CT molecular complexity index is 346. The van der Waals surface area contributed by atoms with Gasteiger partial charge in [0.25, 0.3) is 0 Å². The maximum Gasteiger partial charge on any atom is 0.0335 e. The van der Waals surface area contributed by atoms with E-state index in [-0.39, 0.29) is 0 Å². The molecule has 2 aliphatic rings. The number of hydrogen-bond donors (Lipinski definition) is 2. The first-order valence-electron chi connectivity index (χ1n) is 7.35. The Labute approximate surface area is 109 Å². The number of aromatic nitrogens is 1. The summed E-state index contributed by atoms with van der Waals surface area (Å²) in [7, 11) is 0. The molecule has 3 heteroatoms. The first kappa shape index (κ1) is 12.1. The summed E-state index contributed by atoms with van der Waals surface area (Å²) in [5.41, 5.74) is 2.75. The summed E-state index contributed by atoms with van der Waals surface area (Å²) in [6, 6.07) is 3.41. The van der Waals surface area contributed by atoms with Crippen molar-refractivity contribution in [2.45, 2.75) is 50.6 Å². The molecule has 0 bridgehead atoms. The molecule has 2 aliphatic heterocycles. The summed E-state index contributed by atoms with van der Waals surface area (Å²) >= 11 is 0. The lowest BCUT2D eigenvalue weighted by atomic mass is 9.94. The van der Waals surface area contributed by atoms with Crippen molar-refractivity contribution in [3.63, 3.8) is 0 Å². The van der Waals surface area contributed by atoms with E-state index in [2.05, 4.69) is 21.7 Å².